The van der Waals surface area contributed by atoms with Gasteiger partial charge < -0.3 is 19.3 Å². The van der Waals surface area contributed by atoms with Crippen molar-refractivity contribution in [1.82, 2.24) is 19.1 Å². The number of aryl methyl sites for hydroxylation is 2. The third-order valence-corrected chi connectivity index (χ3v) is 4.48. The number of aromatic nitrogens is 4. The topological polar surface area (TPSA) is 110 Å². The van der Waals surface area contributed by atoms with Crippen LogP contribution in [-0.2, 0) is 35.2 Å². The fourth-order valence-electron chi connectivity index (χ4n) is 3.17. The van der Waals surface area contributed by atoms with E-state index in [4.69, 9.17) is 0 Å². The first kappa shape index (κ1) is 18.8. The van der Waals surface area contributed by atoms with Crippen molar-refractivity contribution in [2.45, 2.75) is 0 Å². The Bertz CT molecular complexity index is 1130. The molecule has 0 atom stereocenters. The number of imidazole rings is 2. The van der Waals surface area contributed by atoms with Crippen LogP contribution >= 0.6 is 0 Å². The first-order valence-electron chi connectivity index (χ1n) is 7.78. The Morgan fingerprint density at radius 2 is 1.15 bits per heavy atom. The van der Waals surface area contributed by atoms with Gasteiger partial charge in [-0.25, -0.2) is 19.6 Å². The molecule has 2 aromatic carbocycles. The summed E-state index contributed by atoms with van der Waals surface area (Å²) in [4.78, 5) is 31.9. The molecule has 2 N–H and O–H groups in total. The third kappa shape index (κ3) is 2.73. The van der Waals surface area contributed by atoms with Crippen LogP contribution in [0.5, 0.6) is 0 Å². The Morgan fingerprint density at radius 3 is 1.48 bits per heavy atom. The van der Waals surface area contributed by atoms with E-state index in [1.807, 2.05) is 0 Å². The molecule has 0 fully saturated rings. The number of carboxylic acid groups (broad SMARTS) is 2. The van der Waals surface area contributed by atoms with Crippen LogP contribution in [0.4, 0.5) is 0 Å². The van der Waals surface area contributed by atoms with Crippen LogP contribution in [0, 0.1) is 0 Å². The number of para-hydroxylation sites is 2. The van der Waals surface area contributed by atoms with Crippen LogP contribution in [0.1, 0.15) is 20.7 Å². The van der Waals surface area contributed by atoms with Crippen LogP contribution in [0.25, 0.3) is 33.7 Å². The summed E-state index contributed by atoms with van der Waals surface area (Å²) in [5.74, 6) is -1.19. The standard InChI is InChI=1S/C18H14N4O4.Pt/c1-21-11-7-3-5-9(17(23)24)13(11)19-15(21)16-20-14-10(18(25)26)6-4-8-12(14)22(16)2;/h3-8H,1-2H3,(H,23,24)(H,25,26);. The van der Waals surface area contributed by atoms with Crippen molar-refractivity contribution < 1.29 is 40.9 Å². The maximum Gasteiger partial charge on any atom is 0.337 e. The van der Waals surface area contributed by atoms with E-state index in [2.05, 4.69) is 9.97 Å². The monoisotopic (exact) mass is 545 g/mol. The van der Waals surface area contributed by atoms with Gasteiger partial charge in [-0.05, 0) is 24.3 Å². The van der Waals surface area contributed by atoms with Crippen LogP contribution in [-0.4, -0.2) is 41.3 Å². The predicted molar refractivity (Wildman–Crippen MR) is 94.3 cm³/mol. The molecule has 0 radical (unpaired) electrons. The summed E-state index contributed by atoms with van der Waals surface area (Å²) in [6, 6.07) is 9.88. The van der Waals surface area contributed by atoms with Gasteiger partial charge in [0.1, 0.15) is 11.0 Å². The van der Waals surface area contributed by atoms with Crippen molar-refractivity contribution in [3.8, 4) is 11.6 Å². The van der Waals surface area contributed by atoms with Crippen LogP contribution < -0.4 is 0 Å². The maximum atomic E-state index is 11.5. The van der Waals surface area contributed by atoms with E-state index < -0.39 is 11.9 Å². The number of carbonyl (C=O) groups is 2. The zero-order chi connectivity index (χ0) is 18.6. The molecule has 4 aromatic rings. The summed E-state index contributed by atoms with van der Waals surface area (Å²) < 4.78 is 3.51. The molecule has 9 heteroatoms. The molecule has 140 valence electrons. The van der Waals surface area contributed by atoms with Crippen LogP contribution in [0.3, 0.4) is 0 Å². The molecule has 2 aromatic heterocycles. The first-order valence-corrected chi connectivity index (χ1v) is 7.78. The molecule has 0 unspecified atom stereocenters. The number of carboxylic acids is 2. The molecule has 2 heterocycles. The quantitative estimate of drug-likeness (QED) is 0.410. The van der Waals surface area contributed by atoms with Gasteiger partial charge in [0.25, 0.3) is 0 Å². The normalized spacial score (nSPS) is 10.9. The van der Waals surface area contributed by atoms with Gasteiger partial charge in [-0.15, -0.1) is 0 Å². The second-order valence-electron chi connectivity index (χ2n) is 5.95. The van der Waals surface area contributed by atoms with E-state index in [-0.39, 0.29) is 32.2 Å². The van der Waals surface area contributed by atoms with Crippen molar-refractivity contribution in [1.29, 1.82) is 0 Å². The van der Waals surface area contributed by atoms with Gasteiger partial charge >= 0.3 is 11.9 Å². The molecule has 4 rings (SSSR count). The maximum absolute atomic E-state index is 11.5. The minimum absolute atomic E-state index is 0. The number of fused-ring (bicyclic) bond motifs is 2. The number of hydrogen-bond donors (Lipinski definition) is 2. The minimum Gasteiger partial charge on any atom is -0.478 e. The van der Waals surface area contributed by atoms with Gasteiger partial charge in [-0.3, -0.25) is 0 Å². The zero-order valence-corrected chi connectivity index (χ0v) is 16.6. The SMILES string of the molecule is Cn1c(-c2nc3c(C(=O)O)cccc3n2C)nc2c(C(=O)O)cccc21.[Pt]. The van der Waals surface area contributed by atoms with Gasteiger partial charge in [0.15, 0.2) is 11.6 Å². The number of aromatic carboxylic acids is 2. The smallest absolute Gasteiger partial charge is 0.337 e. The number of benzene rings is 2. The molecule has 0 amide bonds. The summed E-state index contributed by atoms with van der Waals surface area (Å²) in [5.41, 5.74) is 2.26. The van der Waals surface area contributed by atoms with Gasteiger partial charge in [0.2, 0.25) is 0 Å². The third-order valence-electron chi connectivity index (χ3n) is 4.48. The van der Waals surface area contributed by atoms with E-state index in [0.29, 0.717) is 33.7 Å². The summed E-state index contributed by atoms with van der Waals surface area (Å²) in [7, 11) is 3.54. The zero-order valence-electron chi connectivity index (χ0n) is 14.3. The number of hydrogen-bond acceptors (Lipinski definition) is 4. The fraction of sp³-hybridized carbons (Fsp3) is 0.111. The summed E-state index contributed by atoms with van der Waals surface area (Å²) in [6.07, 6.45) is 0. The van der Waals surface area contributed by atoms with Crippen LogP contribution in [0.15, 0.2) is 36.4 Å². The van der Waals surface area contributed by atoms with Crippen molar-refractivity contribution in [2.75, 3.05) is 0 Å². The Hall–Kier alpha value is -2.99. The average molecular weight is 545 g/mol. The number of rotatable bonds is 3. The van der Waals surface area contributed by atoms with Gasteiger partial charge in [0, 0.05) is 35.2 Å². The van der Waals surface area contributed by atoms with E-state index in [1.165, 1.54) is 12.1 Å². The summed E-state index contributed by atoms with van der Waals surface area (Å²) >= 11 is 0. The first-order chi connectivity index (χ1) is 12.4. The molecule has 0 saturated carbocycles. The number of nitrogens with zero attached hydrogens (tertiary/aromatic N) is 4. The van der Waals surface area contributed by atoms with Crippen molar-refractivity contribution in [3.63, 3.8) is 0 Å². The van der Waals surface area contributed by atoms with Crippen LogP contribution in [0.2, 0.25) is 0 Å². The van der Waals surface area contributed by atoms with E-state index in [1.54, 1.807) is 47.5 Å². The van der Waals surface area contributed by atoms with Gasteiger partial charge in [0.05, 0.1) is 22.2 Å². The molecule has 0 saturated heterocycles. The Morgan fingerprint density at radius 1 is 0.778 bits per heavy atom. The van der Waals surface area contributed by atoms with Crippen molar-refractivity contribution in [2.24, 2.45) is 14.1 Å². The molecule has 0 bridgehead atoms. The Balaban J connectivity index is 0.00000210. The second-order valence-corrected chi connectivity index (χ2v) is 5.95. The fourth-order valence-corrected chi connectivity index (χ4v) is 3.17. The molecule has 0 aliphatic carbocycles. The summed E-state index contributed by atoms with van der Waals surface area (Å²) in [5, 5.41) is 18.8. The molecule has 0 spiro atoms. The summed E-state index contributed by atoms with van der Waals surface area (Å²) in [6.45, 7) is 0. The minimum atomic E-state index is -1.06. The molecular formula is C18H14N4O4Pt. The molecular weight excluding hydrogens is 531 g/mol. The van der Waals surface area contributed by atoms with E-state index in [0.717, 1.165) is 0 Å². The second kappa shape index (κ2) is 6.63. The molecule has 0 aliphatic heterocycles. The largest absolute Gasteiger partial charge is 0.478 e. The molecule has 0 aliphatic rings. The van der Waals surface area contributed by atoms with Gasteiger partial charge in [-0.1, -0.05) is 12.1 Å². The Kier molecular flexibility index (Phi) is 4.61. The van der Waals surface area contributed by atoms with E-state index >= 15 is 0 Å². The Labute approximate surface area is 167 Å². The average Bonchev–Trinajstić information content (AvgIpc) is 3.12. The predicted octanol–water partition coefficient (Wildman–Crippen LogP) is 2.52. The molecule has 8 nitrogen and oxygen atoms in total. The van der Waals surface area contributed by atoms with Crippen molar-refractivity contribution in [3.05, 3.63) is 47.5 Å². The van der Waals surface area contributed by atoms with Crippen molar-refractivity contribution >= 4 is 34.0 Å². The molecule has 27 heavy (non-hydrogen) atoms. The van der Waals surface area contributed by atoms with E-state index in [9.17, 15) is 19.8 Å². The van der Waals surface area contributed by atoms with Gasteiger partial charge in [-0.2, -0.15) is 0 Å².